The zero-order chi connectivity index (χ0) is 18.5. The lowest BCUT2D eigenvalue weighted by atomic mass is 9.82. The van der Waals surface area contributed by atoms with Crippen LogP contribution < -0.4 is 9.64 Å². The van der Waals surface area contributed by atoms with Crippen molar-refractivity contribution in [1.82, 2.24) is 0 Å². The predicted octanol–water partition coefficient (Wildman–Crippen LogP) is 5.30. The van der Waals surface area contributed by atoms with E-state index in [1.165, 1.54) is 10.8 Å². The topological polar surface area (TPSA) is 29.5 Å². The van der Waals surface area contributed by atoms with Gasteiger partial charge in [0.2, 0.25) is 0 Å². The first kappa shape index (κ1) is 16.4. The first-order valence-corrected chi connectivity index (χ1v) is 8.65. The molecule has 0 N–H and O–H groups in total. The van der Waals surface area contributed by atoms with Crippen LogP contribution in [0, 0.1) is 0 Å². The van der Waals surface area contributed by atoms with E-state index in [0.29, 0.717) is 5.56 Å². The van der Waals surface area contributed by atoms with Gasteiger partial charge in [-0.15, -0.1) is 0 Å². The summed E-state index contributed by atoms with van der Waals surface area (Å²) in [6.07, 6.45) is 0. The molecular weight excluding hydrogens is 322 g/mol. The summed E-state index contributed by atoms with van der Waals surface area (Å²) in [4.78, 5) is 15.0. The molecule has 3 aromatic rings. The van der Waals surface area contributed by atoms with Crippen molar-refractivity contribution in [3.8, 4) is 5.75 Å². The molecule has 0 saturated carbocycles. The number of allylic oxidation sites excluding steroid dienone is 1. The van der Waals surface area contributed by atoms with E-state index in [-0.39, 0.29) is 11.3 Å². The maximum absolute atomic E-state index is 13.3. The van der Waals surface area contributed by atoms with Gasteiger partial charge in [-0.3, -0.25) is 9.69 Å². The van der Waals surface area contributed by atoms with Crippen molar-refractivity contribution in [1.29, 1.82) is 0 Å². The summed E-state index contributed by atoms with van der Waals surface area (Å²) in [5.74, 6) is 0.660. The molecule has 0 aliphatic carbocycles. The second-order valence-corrected chi connectivity index (χ2v) is 7.12. The van der Waals surface area contributed by atoms with Gasteiger partial charge in [-0.2, -0.15) is 0 Å². The van der Waals surface area contributed by atoms with Crippen LogP contribution in [0.3, 0.4) is 0 Å². The van der Waals surface area contributed by atoms with Crippen LogP contribution in [-0.2, 0) is 5.41 Å². The van der Waals surface area contributed by atoms with Crippen molar-refractivity contribution in [2.75, 3.05) is 12.0 Å². The molecule has 0 spiro atoms. The van der Waals surface area contributed by atoms with Gasteiger partial charge in [-0.1, -0.05) is 50.8 Å². The molecule has 3 heteroatoms. The Balaban J connectivity index is 1.88. The average Bonchev–Trinajstić information content (AvgIpc) is 2.87. The van der Waals surface area contributed by atoms with Crippen molar-refractivity contribution >= 4 is 22.4 Å². The minimum absolute atomic E-state index is 0.0697. The zero-order valence-electron chi connectivity index (χ0n) is 15.2. The third kappa shape index (κ3) is 2.24. The monoisotopic (exact) mass is 343 g/mol. The summed E-state index contributed by atoms with van der Waals surface area (Å²) in [6, 6.07) is 19.6. The van der Waals surface area contributed by atoms with Crippen LogP contribution >= 0.6 is 0 Å². The number of amides is 1. The number of ether oxygens (including phenoxy) is 1. The minimum atomic E-state index is -0.321. The fourth-order valence-corrected chi connectivity index (χ4v) is 3.77. The van der Waals surface area contributed by atoms with E-state index in [0.717, 1.165) is 22.7 Å². The largest absolute Gasteiger partial charge is 0.497 e. The molecule has 0 atom stereocenters. The van der Waals surface area contributed by atoms with Crippen molar-refractivity contribution in [2.24, 2.45) is 0 Å². The third-order valence-corrected chi connectivity index (χ3v) is 5.30. The van der Waals surface area contributed by atoms with E-state index < -0.39 is 0 Å². The molecule has 1 aliphatic rings. The summed E-state index contributed by atoms with van der Waals surface area (Å²) in [5, 5.41) is 2.34. The summed E-state index contributed by atoms with van der Waals surface area (Å²) >= 11 is 0. The highest BCUT2D eigenvalue weighted by Crippen LogP contribution is 2.50. The van der Waals surface area contributed by atoms with Crippen LogP contribution in [0.2, 0.25) is 0 Å². The van der Waals surface area contributed by atoms with Crippen LogP contribution in [0.5, 0.6) is 5.75 Å². The average molecular weight is 343 g/mol. The summed E-state index contributed by atoms with van der Waals surface area (Å²) in [5.41, 5.74) is 3.16. The van der Waals surface area contributed by atoms with E-state index in [1.807, 2.05) is 18.2 Å². The highest BCUT2D eigenvalue weighted by molar-refractivity contribution is 6.12. The molecule has 1 aliphatic heterocycles. The lowest BCUT2D eigenvalue weighted by molar-refractivity contribution is 0.0994. The van der Waals surface area contributed by atoms with Gasteiger partial charge in [-0.25, -0.2) is 0 Å². The smallest absolute Gasteiger partial charge is 0.262 e. The molecule has 0 bridgehead atoms. The Kier molecular flexibility index (Phi) is 3.62. The van der Waals surface area contributed by atoms with E-state index in [4.69, 9.17) is 4.74 Å². The fourth-order valence-electron chi connectivity index (χ4n) is 3.77. The Morgan fingerprint density at radius 3 is 2.38 bits per heavy atom. The molecule has 0 unspecified atom stereocenters. The van der Waals surface area contributed by atoms with E-state index in [2.05, 4.69) is 38.6 Å². The van der Waals surface area contributed by atoms with E-state index in [9.17, 15) is 4.79 Å². The number of carbonyl (C=O) groups excluding carboxylic acids is 1. The Bertz CT molecular complexity index is 1030. The number of hydrogen-bond donors (Lipinski definition) is 0. The highest BCUT2D eigenvalue weighted by Gasteiger charge is 2.43. The maximum atomic E-state index is 13.3. The number of carbonyl (C=O) groups is 1. The zero-order valence-corrected chi connectivity index (χ0v) is 15.2. The molecule has 1 amide bonds. The number of rotatable bonds is 2. The predicted molar refractivity (Wildman–Crippen MR) is 106 cm³/mol. The normalized spacial score (nSPS) is 15.2. The second kappa shape index (κ2) is 5.73. The first-order chi connectivity index (χ1) is 12.4. The van der Waals surface area contributed by atoms with Crippen molar-refractivity contribution in [3.63, 3.8) is 0 Å². The Morgan fingerprint density at radius 2 is 1.69 bits per heavy atom. The molecule has 0 saturated heterocycles. The quantitative estimate of drug-likeness (QED) is 0.632. The molecule has 0 radical (unpaired) electrons. The molecule has 26 heavy (non-hydrogen) atoms. The second-order valence-electron chi connectivity index (χ2n) is 7.12. The lowest BCUT2D eigenvalue weighted by Gasteiger charge is -2.24. The summed E-state index contributed by atoms with van der Waals surface area (Å²) < 4.78 is 5.19. The first-order valence-electron chi connectivity index (χ1n) is 8.65. The van der Waals surface area contributed by atoms with Gasteiger partial charge < -0.3 is 4.74 Å². The lowest BCUT2D eigenvalue weighted by Crippen LogP contribution is -2.31. The van der Waals surface area contributed by atoms with Crippen LogP contribution in [0.4, 0.5) is 5.69 Å². The van der Waals surface area contributed by atoms with Crippen molar-refractivity contribution < 1.29 is 9.53 Å². The van der Waals surface area contributed by atoms with Gasteiger partial charge in [0.1, 0.15) is 5.75 Å². The molecule has 3 nitrogen and oxygen atoms in total. The van der Waals surface area contributed by atoms with Gasteiger partial charge >= 0.3 is 0 Å². The summed E-state index contributed by atoms with van der Waals surface area (Å²) in [6.45, 7) is 8.52. The van der Waals surface area contributed by atoms with Crippen LogP contribution in [0.1, 0.15) is 29.8 Å². The Labute approximate surface area is 153 Å². The fraction of sp³-hybridized carbons (Fsp3) is 0.174. The number of fused-ring (bicyclic) bond motifs is 3. The number of hydrogen-bond acceptors (Lipinski definition) is 2. The van der Waals surface area contributed by atoms with Gasteiger partial charge in [0.25, 0.3) is 5.91 Å². The van der Waals surface area contributed by atoms with Gasteiger partial charge in [0.15, 0.2) is 0 Å². The van der Waals surface area contributed by atoms with Gasteiger partial charge in [-0.05, 0) is 46.7 Å². The number of anilines is 1. The molecule has 0 aromatic heterocycles. The van der Waals surface area contributed by atoms with Crippen LogP contribution in [-0.4, -0.2) is 13.0 Å². The molecule has 3 aromatic carbocycles. The number of methoxy groups -OCH3 is 1. The van der Waals surface area contributed by atoms with Gasteiger partial charge in [0.05, 0.1) is 12.8 Å². The standard InChI is InChI=1S/C23H21NO2/c1-15-23(2,3)21-19-8-6-5-7-16(19)11-14-20(21)24(15)22(25)17-9-12-18(26-4)13-10-17/h5-14H,1H2,2-4H3. The van der Waals surface area contributed by atoms with Gasteiger partial charge in [0, 0.05) is 16.7 Å². The van der Waals surface area contributed by atoms with E-state index >= 15 is 0 Å². The third-order valence-electron chi connectivity index (χ3n) is 5.30. The minimum Gasteiger partial charge on any atom is -0.497 e. The number of nitrogens with zero attached hydrogens (tertiary/aromatic N) is 1. The van der Waals surface area contributed by atoms with Crippen molar-refractivity contribution in [3.05, 3.63) is 84.1 Å². The SMILES string of the molecule is C=C1N(C(=O)c2ccc(OC)cc2)c2ccc3ccccc3c2C1(C)C. The maximum Gasteiger partial charge on any atom is 0.262 e. The number of benzene rings is 3. The van der Waals surface area contributed by atoms with E-state index in [1.54, 1.807) is 36.3 Å². The van der Waals surface area contributed by atoms with Crippen molar-refractivity contribution in [2.45, 2.75) is 19.3 Å². The Morgan fingerprint density at radius 1 is 1.00 bits per heavy atom. The molecule has 4 rings (SSSR count). The molecule has 1 heterocycles. The molecule has 130 valence electrons. The van der Waals surface area contributed by atoms with Crippen LogP contribution in [0.15, 0.2) is 72.9 Å². The Hall–Kier alpha value is -3.07. The molecular formula is C23H21NO2. The van der Waals surface area contributed by atoms with Crippen LogP contribution in [0.25, 0.3) is 10.8 Å². The summed E-state index contributed by atoms with van der Waals surface area (Å²) in [7, 11) is 1.61. The highest BCUT2D eigenvalue weighted by atomic mass is 16.5. The molecule has 0 fully saturated rings.